The quantitative estimate of drug-likeness (QED) is 0.102. The molecule has 0 radical (unpaired) electrons. The van der Waals surface area contributed by atoms with Gasteiger partial charge < -0.3 is 5.73 Å². The van der Waals surface area contributed by atoms with Gasteiger partial charge in [-0.2, -0.15) is 0 Å². The molecule has 39 heavy (non-hydrogen) atoms. The molecule has 5 N–H and O–H groups in total. The zero-order chi connectivity index (χ0) is 27.7. The van der Waals surface area contributed by atoms with Crippen LogP contribution in [0.3, 0.4) is 0 Å². The van der Waals surface area contributed by atoms with Gasteiger partial charge in [0.15, 0.2) is 5.84 Å². The summed E-state index contributed by atoms with van der Waals surface area (Å²) in [6.07, 6.45) is 11.9. The van der Waals surface area contributed by atoms with Gasteiger partial charge in [0.1, 0.15) is 5.84 Å². The van der Waals surface area contributed by atoms with Crippen LogP contribution in [-0.4, -0.2) is 33.5 Å². The van der Waals surface area contributed by atoms with E-state index in [4.69, 9.17) is 16.6 Å². The van der Waals surface area contributed by atoms with E-state index in [2.05, 4.69) is 59.8 Å². The van der Waals surface area contributed by atoms with Gasteiger partial charge in [0.25, 0.3) is 0 Å². The molecule has 8 nitrogen and oxygen atoms in total. The molecule has 8 heteroatoms. The first-order chi connectivity index (χ1) is 19.0. The van der Waals surface area contributed by atoms with Crippen LogP contribution < -0.4 is 17.1 Å². The fourth-order valence-electron chi connectivity index (χ4n) is 5.18. The Bertz CT molecular complexity index is 1300. The second kappa shape index (κ2) is 13.2. The molecule has 0 aliphatic heterocycles. The number of hydrazone groups is 1. The minimum atomic E-state index is -0.0657. The fraction of sp³-hybridized carbons (Fsp3) is 0.355. The van der Waals surface area contributed by atoms with Gasteiger partial charge in [-0.3, -0.25) is 19.7 Å². The van der Waals surface area contributed by atoms with Crippen LogP contribution >= 0.6 is 0 Å². The van der Waals surface area contributed by atoms with Gasteiger partial charge in [-0.15, -0.1) is 5.10 Å². The van der Waals surface area contributed by atoms with Crippen LogP contribution in [0.4, 0.5) is 0 Å². The lowest BCUT2D eigenvalue weighted by atomic mass is 9.94. The molecule has 0 atom stereocenters. The summed E-state index contributed by atoms with van der Waals surface area (Å²) < 4.78 is 0. The van der Waals surface area contributed by atoms with Crippen molar-refractivity contribution in [2.45, 2.75) is 70.9 Å². The van der Waals surface area contributed by atoms with Crippen molar-refractivity contribution >= 4 is 18.1 Å². The summed E-state index contributed by atoms with van der Waals surface area (Å²) in [5.74, 6) is 6.59. The van der Waals surface area contributed by atoms with Crippen molar-refractivity contribution in [2.75, 3.05) is 0 Å². The first-order valence-electron chi connectivity index (χ1n) is 13.7. The van der Waals surface area contributed by atoms with Gasteiger partial charge in [0, 0.05) is 29.9 Å². The van der Waals surface area contributed by atoms with Crippen LogP contribution in [-0.2, 0) is 11.3 Å². The number of hydrogen-bond acceptors (Lipinski definition) is 6. The van der Waals surface area contributed by atoms with E-state index in [1.165, 1.54) is 12.8 Å². The minimum absolute atomic E-state index is 0.0657. The number of hydrogen-bond donors (Lipinski definition) is 3. The average Bonchev–Trinajstić information content (AvgIpc) is 3.40. The van der Waals surface area contributed by atoms with E-state index in [0.717, 1.165) is 77.7 Å². The van der Waals surface area contributed by atoms with Crippen molar-refractivity contribution in [3.8, 4) is 22.3 Å². The molecule has 1 amide bonds. The summed E-state index contributed by atoms with van der Waals surface area (Å²) in [5.41, 5.74) is 14.2. The number of pyridine rings is 1. The molecule has 0 saturated heterocycles. The van der Waals surface area contributed by atoms with Crippen molar-refractivity contribution < 1.29 is 4.79 Å². The highest BCUT2D eigenvalue weighted by Crippen LogP contribution is 2.34. The number of carbonyl (C=O) groups excluding carboxylic acids is 1. The number of hydrazine groups is 1. The van der Waals surface area contributed by atoms with E-state index >= 15 is 0 Å². The Morgan fingerprint density at radius 1 is 1.10 bits per heavy atom. The van der Waals surface area contributed by atoms with E-state index in [-0.39, 0.29) is 5.54 Å². The number of unbranched alkanes of at least 4 members (excludes halogenated alkanes) is 1. The Hall–Kier alpha value is -4.04. The standard InChI is InChI=1S/C31H39N7O/c1-3-4-9-29(35-31(2)16-5-6-17-31)38(22-39)21-23-10-12-24(13-11-23)28-19-25(26-8-7-18-34-20-26)14-15-27(28)30(32)36-37-33/h7-8,10-15,18-20,22,37H,3-6,9,16-17,21,33H2,1-2H3,(H2,32,36). The molecule has 3 aromatic rings. The number of nitrogens with one attached hydrogen (secondary N) is 1. The average molecular weight is 526 g/mol. The Morgan fingerprint density at radius 3 is 2.49 bits per heavy atom. The lowest BCUT2D eigenvalue weighted by molar-refractivity contribution is -0.115. The molecule has 1 fully saturated rings. The summed E-state index contributed by atoms with van der Waals surface area (Å²) >= 11 is 0. The molecule has 1 aliphatic rings. The molecule has 0 bridgehead atoms. The number of carbonyl (C=O) groups is 1. The monoisotopic (exact) mass is 525 g/mol. The van der Waals surface area contributed by atoms with Crippen LogP contribution in [0.2, 0.25) is 0 Å². The van der Waals surface area contributed by atoms with Crippen molar-refractivity contribution in [2.24, 2.45) is 21.7 Å². The fourth-order valence-corrected chi connectivity index (χ4v) is 5.18. The van der Waals surface area contributed by atoms with Crippen LogP contribution in [0.15, 0.2) is 77.1 Å². The number of amidine groups is 2. The molecule has 1 saturated carbocycles. The number of benzene rings is 2. The van der Waals surface area contributed by atoms with Crippen LogP contribution in [0.5, 0.6) is 0 Å². The molecule has 4 rings (SSSR count). The van der Waals surface area contributed by atoms with Crippen molar-refractivity contribution in [3.63, 3.8) is 0 Å². The highest BCUT2D eigenvalue weighted by atomic mass is 16.1. The maximum absolute atomic E-state index is 12.2. The normalized spacial score (nSPS) is 15.3. The van der Waals surface area contributed by atoms with Crippen molar-refractivity contribution in [1.29, 1.82) is 0 Å². The summed E-state index contributed by atoms with van der Waals surface area (Å²) in [6, 6.07) is 18.1. The number of aromatic nitrogens is 1. The van der Waals surface area contributed by atoms with Gasteiger partial charge in [0.05, 0.1) is 12.1 Å². The summed E-state index contributed by atoms with van der Waals surface area (Å²) in [7, 11) is 0. The molecule has 1 aliphatic carbocycles. The molecule has 2 aromatic carbocycles. The molecule has 1 aromatic heterocycles. The molecule has 1 heterocycles. The minimum Gasteiger partial charge on any atom is -0.382 e. The molecule has 204 valence electrons. The van der Waals surface area contributed by atoms with Gasteiger partial charge in [-0.25, -0.2) is 11.4 Å². The molecule has 0 spiro atoms. The highest BCUT2D eigenvalue weighted by molar-refractivity contribution is 6.04. The second-order valence-corrected chi connectivity index (χ2v) is 10.4. The Balaban J connectivity index is 1.63. The lowest BCUT2D eigenvalue weighted by Crippen LogP contribution is -2.32. The predicted octanol–water partition coefficient (Wildman–Crippen LogP) is 5.38. The number of nitrogens with zero attached hydrogens (tertiary/aromatic N) is 4. The number of aliphatic imine (C=N–C) groups is 1. The second-order valence-electron chi connectivity index (χ2n) is 10.4. The highest BCUT2D eigenvalue weighted by Gasteiger charge is 2.29. The SMILES string of the molecule is CCCCC(=NC1(C)CCCC1)N(C=O)Cc1ccc(-c2cc(-c3cccnc3)ccc2/C(N)=N/NN)cc1. The summed E-state index contributed by atoms with van der Waals surface area (Å²) in [6.45, 7) is 4.86. The smallest absolute Gasteiger partial charge is 0.215 e. The Kier molecular flexibility index (Phi) is 9.44. The zero-order valence-electron chi connectivity index (χ0n) is 22.9. The number of amides is 1. The Morgan fingerprint density at radius 2 is 1.85 bits per heavy atom. The number of rotatable bonds is 11. The van der Waals surface area contributed by atoms with Gasteiger partial charge in [-0.1, -0.05) is 62.6 Å². The van der Waals surface area contributed by atoms with Crippen LogP contribution in [0, 0.1) is 0 Å². The maximum atomic E-state index is 12.2. The van der Waals surface area contributed by atoms with Crippen LogP contribution in [0.25, 0.3) is 22.3 Å². The summed E-state index contributed by atoms with van der Waals surface area (Å²) in [5, 5.41) is 3.99. The topological polar surface area (TPSA) is 122 Å². The first-order valence-corrected chi connectivity index (χ1v) is 13.7. The van der Waals surface area contributed by atoms with Crippen molar-refractivity contribution in [3.05, 3.63) is 78.1 Å². The first kappa shape index (κ1) is 28.0. The predicted molar refractivity (Wildman–Crippen MR) is 159 cm³/mol. The van der Waals surface area contributed by atoms with E-state index < -0.39 is 0 Å². The third kappa shape index (κ3) is 7.09. The number of nitrogens with two attached hydrogens (primary N) is 2. The van der Waals surface area contributed by atoms with E-state index in [1.807, 2.05) is 30.5 Å². The van der Waals surface area contributed by atoms with E-state index in [0.29, 0.717) is 12.4 Å². The maximum Gasteiger partial charge on any atom is 0.215 e. The zero-order valence-corrected chi connectivity index (χ0v) is 22.9. The van der Waals surface area contributed by atoms with Gasteiger partial charge in [0.2, 0.25) is 6.41 Å². The van der Waals surface area contributed by atoms with Gasteiger partial charge >= 0.3 is 0 Å². The lowest BCUT2D eigenvalue weighted by Gasteiger charge is -2.26. The molecular formula is C31H39N7O. The van der Waals surface area contributed by atoms with E-state index in [9.17, 15) is 4.79 Å². The molecule has 0 unspecified atom stereocenters. The third-order valence-corrected chi connectivity index (χ3v) is 7.39. The van der Waals surface area contributed by atoms with Crippen LogP contribution in [0.1, 0.15) is 69.9 Å². The summed E-state index contributed by atoms with van der Waals surface area (Å²) in [4.78, 5) is 23.4. The van der Waals surface area contributed by atoms with Crippen molar-refractivity contribution in [1.82, 2.24) is 15.4 Å². The molecular weight excluding hydrogens is 486 g/mol. The van der Waals surface area contributed by atoms with Gasteiger partial charge in [-0.05, 0) is 66.6 Å². The Labute approximate surface area is 231 Å². The largest absolute Gasteiger partial charge is 0.382 e. The van der Waals surface area contributed by atoms with E-state index in [1.54, 1.807) is 11.1 Å². The third-order valence-electron chi connectivity index (χ3n) is 7.39.